The molecule has 0 bridgehead atoms. The zero-order chi connectivity index (χ0) is 29.5. The molecule has 0 radical (unpaired) electrons. The topological polar surface area (TPSA) is 74.7 Å². The van der Waals surface area contributed by atoms with Gasteiger partial charge in [0.1, 0.15) is 11.4 Å². The van der Waals surface area contributed by atoms with E-state index in [1.807, 2.05) is 24.3 Å². The molecule has 7 heteroatoms. The molecule has 0 spiro atoms. The van der Waals surface area contributed by atoms with Crippen LogP contribution in [0.3, 0.4) is 0 Å². The number of benzene rings is 3. The first kappa shape index (κ1) is 28.4. The number of carbonyl (C=O) groups excluding carboxylic acids is 2. The van der Waals surface area contributed by atoms with Crippen molar-refractivity contribution < 1.29 is 23.9 Å². The molecule has 4 atom stereocenters. The van der Waals surface area contributed by atoms with Gasteiger partial charge in [0.15, 0.2) is 5.78 Å². The van der Waals surface area contributed by atoms with Crippen LogP contribution in [0.25, 0.3) is 0 Å². The number of carbonyl (C=O) groups is 3. The van der Waals surface area contributed by atoms with Crippen LogP contribution in [0, 0.1) is 11.7 Å². The summed E-state index contributed by atoms with van der Waals surface area (Å²) in [6.45, 7) is 7.80. The van der Waals surface area contributed by atoms with Gasteiger partial charge < -0.3 is 10.0 Å². The lowest BCUT2D eigenvalue weighted by Gasteiger charge is -2.38. The van der Waals surface area contributed by atoms with E-state index in [1.165, 1.54) is 47.4 Å². The van der Waals surface area contributed by atoms with E-state index in [4.69, 9.17) is 0 Å². The molecule has 1 aliphatic rings. The number of Topliss-reactive ketones (excluding diaryl/α,β-unsaturated/α-hetero) is 1. The van der Waals surface area contributed by atoms with Crippen molar-refractivity contribution in [3.05, 3.63) is 129 Å². The van der Waals surface area contributed by atoms with Gasteiger partial charge in [-0.05, 0) is 64.7 Å². The Morgan fingerprint density at radius 3 is 2.00 bits per heavy atom. The predicted octanol–water partition coefficient (Wildman–Crippen LogP) is 7.51. The van der Waals surface area contributed by atoms with Crippen LogP contribution in [0.1, 0.15) is 76.4 Å². The van der Waals surface area contributed by atoms with Crippen molar-refractivity contribution in [3.63, 3.8) is 0 Å². The molecule has 0 saturated carbocycles. The number of thiophene rings is 1. The summed E-state index contributed by atoms with van der Waals surface area (Å²) in [7, 11) is 0. The number of likely N-dealkylation sites (tertiary alicyclic amines) is 1. The van der Waals surface area contributed by atoms with Crippen molar-refractivity contribution in [3.8, 4) is 0 Å². The van der Waals surface area contributed by atoms with E-state index < -0.39 is 41.1 Å². The van der Waals surface area contributed by atoms with Crippen molar-refractivity contribution in [2.45, 2.75) is 50.6 Å². The number of halogens is 1. The monoisotopic (exact) mass is 569 g/mol. The highest BCUT2D eigenvalue weighted by Crippen LogP contribution is 2.57. The Morgan fingerprint density at radius 2 is 1.46 bits per heavy atom. The number of nitrogens with zero attached hydrogens (tertiary/aromatic N) is 1. The van der Waals surface area contributed by atoms with Crippen molar-refractivity contribution >= 4 is 29.0 Å². The van der Waals surface area contributed by atoms with Gasteiger partial charge in [0.2, 0.25) is 0 Å². The number of amides is 1. The Morgan fingerprint density at radius 1 is 0.854 bits per heavy atom. The number of ketones is 1. The fraction of sp³-hybridized carbons (Fsp3) is 0.265. The average molecular weight is 570 g/mol. The molecule has 1 saturated heterocycles. The molecule has 210 valence electrons. The number of aliphatic carboxylic acids is 1. The summed E-state index contributed by atoms with van der Waals surface area (Å²) in [6.07, 6.45) is 0. The Kier molecular flexibility index (Phi) is 7.43. The summed E-state index contributed by atoms with van der Waals surface area (Å²) in [5.41, 5.74) is 0.554. The summed E-state index contributed by atoms with van der Waals surface area (Å²) in [5.74, 6) is -4.30. The quantitative estimate of drug-likeness (QED) is 0.244. The van der Waals surface area contributed by atoms with Crippen LogP contribution in [0.2, 0.25) is 0 Å². The normalized spacial score (nSPS) is 22.5. The maximum absolute atomic E-state index is 14.4. The van der Waals surface area contributed by atoms with E-state index in [1.54, 1.807) is 47.8 Å². The number of hydrogen-bond donors (Lipinski definition) is 1. The smallest absolute Gasteiger partial charge is 0.330 e. The second kappa shape index (κ2) is 10.7. The van der Waals surface area contributed by atoms with Crippen molar-refractivity contribution in [2.75, 3.05) is 0 Å². The van der Waals surface area contributed by atoms with Gasteiger partial charge in [-0.25, -0.2) is 9.18 Å². The number of carboxylic acids is 1. The maximum Gasteiger partial charge on any atom is 0.330 e. The molecule has 4 unspecified atom stereocenters. The highest BCUT2D eigenvalue weighted by atomic mass is 32.1. The van der Waals surface area contributed by atoms with E-state index >= 15 is 0 Å². The van der Waals surface area contributed by atoms with Gasteiger partial charge >= 0.3 is 5.97 Å². The zero-order valence-electron chi connectivity index (χ0n) is 23.4. The standard InChI is InChI=1S/C34H32FNO4S/c1-33(2,3)24-16-12-21(13-17-24)28-27(30(37)26-11-8-20-41-26)29(22-14-18-25(35)19-15-22)36(34(28,4)32(39)40)31(38)23-9-6-5-7-10-23/h5-20,27-29H,1-4H3,(H,39,40). The van der Waals surface area contributed by atoms with Gasteiger partial charge in [-0.15, -0.1) is 11.3 Å². The lowest BCUT2D eigenvalue weighted by Crippen LogP contribution is -2.54. The van der Waals surface area contributed by atoms with Gasteiger partial charge in [-0.1, -0.05) is 81.4 Å². The summed E-state index contributed by atoms with van der Waals surface area (Å²) >= 11 is 1.27. The molecule has 41 heavy (non-hydrogen) atoms. The molecule has 0 aliphatic carbocycles. The molecule has 1 N–H and O–H groups in total. The third kappa shape index (κ3) is 4.99. The van der Waals surface area contributed by atoms with E-state index in [-0.39, 0.29) is 11.2 Å². The van der Waals surface area contributed by atoms with Crippen molar-refractivity contribution in [2.24, 2.45) is 5.92 Å². The Bertz CT molecular complexity index is 1560. The Balaban J connectivity index is 1.80. The highest BCUT2D eigenvalue weighted by molar-refractivity contribution is 7.12. The second-order valence-electron chi connectivity index (χ2n) is 11.7. The minimum Gasteiger partial charge on any atom is -0.479 e. The van der Waals surface area contributed by atoms with Gasteiger partial charge in [-0.2, -0.15) is 0 Å². The molecule has 3 aromatic carbocycles. The first-order valence-corrected chi connectivity index (χ1v) is 14.4. The van der Waals surface area contributed by atoms with Crippen LogP contribution in [-0.4, -0.2) is 33.2 Å². The lowest BCUT2D eigenvalue weighted by molar-refractivity contribution is -0.148. The lowest BCUT2D eigenvalue weighted by atomic mass is 9.72. The maximum atomic E-state index is 14.4. The van der Waals surface area contributed by atoms with E-state index in [0.717, 1.165) is 5.56 Å². The van der Waals surface area contributed by atoms with Crippen LogP contribution >= 0.6 is 11.3 Å². The SMILES string of the molecule is CC(C)(C)c1ccc(C2C(C(=O)c3cccs3)C(c3ccc(F)cc3)N(C(=O)c3ccccc3)C2(C)C(=O)O)cc1. The highest BCUT2D eigenvalue weighted by Gasteiger charge is 2.65. The Hall–Kier alpha value is -4.10. The van der Waals surface area contributed by atoms with Crippen molar-refractivity contribution in [1.82, 2.24) is 4.90 Å². The molecule has 1 aliphatic heterocycles. The van der Waals surface area contributed by atoms with Gasteiger partial charge in [0.25, 0.3) is 5.91 Å². The van der Waals surface area contributed by atoms with E-state index in [2.05, 4.69) is 20.8 Å². The number of carboxylic acid groups (broad SMARTS) is 1. The van der Waals surface area contributed by atoms with Crippen LogP contribution in [0.15, 0.2) is 96.4 Å². The van der Waals surface area contributed by atoms with Crippen LogP contribution in [0.4, 0.5) is 4.39 Å². The third-order valence-corrected chi connectivity index (χ3v) is 9.05. The summed E-state index contributed by atoms with van der Waals surface area (Å²) in [5, 5.41) is 12.7. The van der Waals surface area contributed by atoms with Gasteiger partial charge in [0.05, 0.1) is 16.8 Å². The minimum absolute atomic E-state index is 0.136. The van der Waals surface area contributed by atoms with Crippen LogP contribution < -0.4 is 0 Å². The molecule has 5 nitrogen and oxygen atoms in total. The number of rotatable bonds is 6. The zero-order valence-corrected chi connectivity index (χ0v) is 24.2. The summed E-state index contributed by atoms with van der Waals surface area (Å²) in [6, 6.07) is 24.3. The first-order valence-electron chi connectivity index (χ1n) is 13.5. The van der Waals surface area contributed by atoms with E-state index in [0.29, 0.717) is 21.6 Å². The second-order valence-corrected chi connectivity index (χ2v) is 12.7. The molecule has 4 aromatic rings. The molecular formula is C34H32FNO4S. The van der Waals surface area contributed by atoms with Crippen LogP contribution in [-0.2, 0) is 10.2 Å². The average Bonchev–Trinajstić information content (AvgIpc) is 3.59. The molecule has 5 rings (SSSR count). The fourth-order valence-corrected chi connectivity index (χ4v) is 6.75. The number of hydrogen-bond acceptors (Lipinski definition) is 4. The van der Waals surface area contributed by atoms with Crippen LogP contribution in [0.5, 0.6) is 0 Å². The minimum atomic E-state index is -1.81. The summed E-state index contributed by atoms with van der Waals surface area (Å²) < 4.78 is 14.1. The fourth-order valence-electron chi connectivity index (χ4n) is 6.04. The predicted molar refractivity (Wildman–Crippen MR) is 158 cm³/mol. The first-order chi connectivity index (χ1) is 19.4. The third-order valence-electron chi connectivity index (χ3n) is 8.17. The summed E-state index contributed by atoms with van der Waals surface area (Å²) in [4.78, 5) is 43.9. The molecule has 1 aromatic heterocycles. The largest absolute Gasteiger partial charge is 0.479 e. The van der Waals surface area contributed by atoms with Gasteiger partial charge in [0, 0.05) is 11.5 Å². The van der Waals surface area contributed by atoms with Gasteiger partial charge in [-0.3, -0.25) is 9.59 Å². The van der Waals surface area contributed by atoms with Crippen molar-refractivity contribution in [1.29, 1.82) is 0 Å². The molecule has 2 heterocycles. The molecule has 1 amide bonds. The van der Waals surface area contributed by atoms with E-state index in [9.17, 15) is 23.9 Å². The molecule has 1 fully saturated rings. The Labute approximate surface area is 243 Å². The molecular weight excluding hydrogens is 537 g/mol.